The molecule has 1 aromatic heterocycles. The maximum Gasteiger partial charge on any atom is 0.251 e. The number of carbonyl (C=O) groups excluding carboxylic acids is 2. The lowest BCUT2D eigenvalue weighted by molar-refractivity contribution is -0.142. The summed E-state index contributed by atoms with van der Waals surface area (Å²) >= 11 is 1.52. The zero-order valence-electron chi connectivity index (χ0n) is 17.3. The van der Waals surface area contributed by atoms with E-state index in [0.29, 0.717) is 6.61 Å². The highest BCUT2D eigenvalue weighted by Gasteiger charge is 2.30. The van der Waals surface area contributed by atoms with Crippen molar-refractivity contribution in [1.82, 2.24) is 14.8 Å². The minimum absolute atomic E-state index is 0.0546. The van der Waals surface area contributed by atoms with Gasteiger partial charge in [-0.3, -0.25) is 14.5 Å². The first-order valence-corrected chi connectivity index (χ1v) is 11.4. The van der Waals surface area contributed by atoms with Crippen LogP contribution in [0.1, 0.15) is 29.1 Å². The van der Waals surface area contributed by atoms with Crippen LogP contribution in [-0.4, -0.2) is 65.5 Å². The Balaban J connectivity index is 1.22. The average molecular weight is 429 g/mol. The molecule has 1 unspecified atom stereocenters. The standard InChI is InChI=1S/C22H28N4O3S/c1-16-4-6-17(7-5-16)23-20(27)13-21-24-18(15-30-21)14-25-8-10-26(11-9-25)22(28)19-3-2-12-29-19/h4-7,15,19H,2-3,8-14H2,1H3,(H,23,27). The van der Waals surface area contributed by atoms with Crippen molar-refractivity contribution in [2.75, 3.05) is 38.1 Å². The highest BCUT2D eigenvalue weighted by atomic mass is 32.1. The lowest BCUT2D eigenvalue weighted by atomic mass is 10.2. The lowest BCUT2D eigenvalue weighted by Gasteiger charge is -2.35. The van der Waals surface area contributed by atoms with Gasteiger partial charge in [-0.25, -0.2) is 4.98 Å². The molecule has 2 aliphatic rings. The monoisotopic (exact) mass is 428 g/mol. The summed E-state index contributed by atoms with van der Waals surface area (Å²) in [6.45, 7) is 6.59. The molecule has 0 radical (unpaired) electrons. The highest BCUT2D eigenvalue weighted by Crippen LogP contribution is 2.18. The number of thiazole rings is 1. The van der Waals surface area contributed by atoms with Crippen molar-refractivity contribution >= 4 is 28.8 Å². The number of aryl methyl sites for hydroxylation is 1. The van der Waals surface area contributed by atoms with E-state index in [-0.39, 0.29) is 24.3 Å². The van der Waals surface area contributed by atoms with Gasteiger partial charge in [0.2, 0.25) is 5.91 Å². The second-order valence-electron chi connectivity index (χ2n) is 7.93. The van der Waals surface area contributed by atoms with Crippen LogP contribution in [0.4, 0.5) is 5.69 Å². The fourth-order valence-electron chi connectivity index (χ4n) is 3.81. The van der Waals surface area contributed by atoms with Crippen molar-refractivity contribution in [3.8, 4) is 0 Å². The molecule has 1 N–H and O–H groups in total. The number of hydrogen-bond acceptors (Lipinski definition) is 6. The van der Waals surface area contributed by atoms with E-state index in [9.17, 15) is 9.59 Å². The van der Waals surface area contributed by atoms with Gasteiger partial charge in [0.15, 0.2) is 0 Å². The Morgan fingerprint density at radius 2 is 1.97 bits per heavy atom. The number of amides is 2. The Morgan fingerprint density at radius 1 is 1.20 bits per heavy atom. The molecule has 30 heavy (non-hydrogen) atoms. The summed E-state index contributed by atoms with van der Waals surface area (Å²) in [6.07, 6.45) is 1.87. The van der Waals surface area contributed by atoms with E-state index in [4.69, 9.17) is 4.74 Å². The molecular formula is C22H28N4O3S. The van der Waals surface area contributed by atoms with Gasteiger partial charge in [0.05, 0.1) is 12.1 Å². The highest BCUT2D eigenvalue weighted by molar-refractivity contribution is 7.09. The van der Waals surface area contributed by atoms with Gasteiger partial charge < -0.3 is 15.0 Å². The molecule has 2 aromatic rings. The molecule has 0 spiro atoms. The van der Waals surface area contributed by atoms with E-state index in [1.54, 1.807) is 0 Å². The molecule has 3 heterocycles. The van der Waals surface area contributed by atoms with E-state index < -0.39 is 0 Å². The summed E-state index contributed by atoms with van der Waals surface area (Å²) in [5, 5.41) is 5.76. The van der Waals surface area contributed by atoms with Crippen molar-refractivity contribution in [1.29, 1.82) is 0 Å². The number of nitrogens with zero attached hydrogens (tertiary/aromatic N) is 3. The lowest BCUT2D eigenvalue weighted by Crippen LogP contribution is -2.51. The maximum absolute atomic E-state index is 12.5. The number of aromatic nitrogens is 1. The summed E-state index contributed by atoms with van der Waals surface area (Å²) in [4.78, 5) is 33.6. The Bertz CT molecular complexity index is 869. The predicted molar refractivity (Wildman–Crippen MR) is 116 cm³/mol. The topological polar surface area (TPSA) is 74.8 Å². The van der Waals surface area contributed by atoms with Gasteiger partial charge in [-0.15, -0.1) is 11.3 Å². The SMILES string of the molecule is Cc1ccc(NC(=O)Cc2nc(CN3CCN(C(=O)C4CCCO4)CC3)cs2)cc1. The predicted octanol–water partition coefficient (Wildman–Crippen LogP) is 2.46. The van der Waals surface area contributed by atoms with Gasteiger partial charge in [-0.2, -0.15) is 0 Å². The molecule has 1 aromatic carbocycles. The van der Waals surface area contributed by atoms with Crippen LogP contribution in [0, 0.1) is 6.92 Å². The third-order valence-corrected chi connectivity index (χ3v) is 6.42. The summed E-state index contributed by atoms with van der Waals surface area (Å²) in [6, 6.07) is 7.77. The first kappa shape index (κ1) is 21.0. The van der Waals surface area contributed by atoms with Gasteiger partial charge in [-0.05, 0) is 31.9 Å². The fourth-order valence-corrected chi connectivity index (χ4v) is 4.60. The van der Waals surface area contributed by atoms with E-state index in [0.717, 1.165) is 67.5 Å². The Kier molecular flexibility index (Phi) is 6.76. The number of carbonyl (C=O) groups is 2. The van der Waals surface area contributed by atoms with Gasteiger partial charge in [0, 0.05) is 50.4 Å². The van der Waals surface area contributed by atoms with Crippen LogP contribution >= 0.6 is 11.3 Å². The smallest absolute Gasteiger partial charge is 0.251 e. The van der Waals surface area contributed by atoms with Crippen LogP contribution in [0.5, 0.6) is 0 Å². The minimum atomic E-state index is -0.233. The van der Waals surface area contributed by atoms with E-state index in [2.05, 4.69) is 15.2 Å². The molecule has 2 fully saturated rings. The molecule has 7 nitrogen and oxygen atoms in total. The van der Waals surface area contributed by atoms with Gasteiger partial charge in [-0.1, -0.05) is 17.7 Å². The summed E-state index contributed by atoms with van der Waals surface area (Å²) in [7, 11) is 0. The molecule has 2 saturated heterocycles. The summed E-state index contributed by atoms with van der Waals surface area (Å²) < 4.78 is 5.52. The fraction of sp³-hybridized carbons (Fsp3) is 0.500. The number of nitrogens with one attached hydrogen (secondary N) is 1. The van der Waals surface area contributed by atoms with Crippen molar-refractivity contribution in [3.05, 3.63) is 45.9 Å². The third-order valence-electron chi connectivity index (χ3n) is 5.52. The zero-order valence-corrected chi connectivity index (χ0v) is 18.1. The molecule has 160 valence electrons. The second kappa shape index (κ2) is 9.68. The molecule has 4 rings (SSSR count). The van der Waals surface area contributed by atoms with Crippen molar-refractivity contribution in [2.45, 2.75) is 38.8 Å². The van der Waals surface area contributed by atoms with Crippen molar-refractivity contribution < 1.29 is 14.3 Å². The zero-order chi connectivity index (χ0) is 20.9. The third kappa shape index (κ3) is 5.44. The largest absolute Gasteiger partial charge is 0.368 e. The number of hydrogen-bond donors (Lipinski definition) is 1. The minimum Gasteiger partial charge on any atom is -0.368 e. The Morgan fingerprint density at radius 3 is 2.67 bits per heavy atom. The van der Waals surface area contributed by atoms with Crippen LogP contribution in [-0.2, 0) is 27.3 Å². The summed E-state index contributed by atoms with van der Waals surface area (Å²) in [5.41, 5.74) is 2.95. The van der Waals surface area contributed by atoms with Crippen LogP contribution in [0.3, 0.4) is 0 Å². The molecule has 2 amide bonds. The maximum atomic E-state index is 12.5. The van der Waals surface area contributed by atoms with Crippen LogP contribution in [0.2, 0.25) is 0 Å². The quantitative estimate of drug-likeness (QED) is 0.765. The van der Waals surface area contributed by atoms with Gasteiger partial charge in [0.25, 0.3) is 5.91 Å². The molecule has 8 heteroatoms. The van der Waals surface area contributed by atoms with E-state index in [1.807, 2.05) is 41.5 Å². The first-order valence-electron chi connectivity index (χ1n) is 10.5. The number of ether oxygens (including phenoxy) is 1. The molecule has 0 aliphatic carbocycles. The molecule has 0 bridgehead atoms. The number of rotatable bonds is 6. The Labute approximate surface area is 181 Å². The molecule has 2 aliphatic heterocycles. The summed E-state index contributed by atoms with van der Waals surface area (Å²) in [5.74, 6) is 0.0868. The van der Waals surface area contributed by atoms with Crippen LogP contribution in [0.25, 0.3) is 0 Å². The van der Waals surface area contributed by atoms with Crippen LogP contribution < -0.4 is 5.32 Å². The van der Waals surface area contributed by atoms with Crippen molar-refractivity contribution in [3.63, 3.8) is 0 Å². The first-order chi connectivity index (χ1) is 14.6. The van der Waals surface area contributed by atoms with E-state index >= 15 is 0 Å². The second-order valence-corrected chi connectivity index (χ2v) is 8.87. The number of benzene rings is 1. The average Bonchev–Trinajstić information content (AvgIpc) is 3.42. The van der Waals surface area contributed by atoms with Gasteiger partial charge in [0.1, 0.15) is 11.1 Å². The Hall–Kier alpha value is -2.29. The van der Waals surface area contributed by atoms with Crippen LogP contribution in [0.15, 0.2) is 29.6 Å². The normalized spacial score (nSPS) is 19.8. The molecular weight excluding hydrogens is 400 g/mol. The number of piperazine rings is 1. The van der Waals surface area contributed by atoms with Crippen molar-refractivity contribution in [2.24, 2.45) is 0 Å². The van der Waals surface area contributed by atoms with Gasteiger partial charge >= 0.3 is 0 Å². The molecule has 1 atom stereocenters. The van der Waals surface area contributed by atoms with E-state index in [1.165, 1.54) is 11.3 Å². The molecule has 0 saturated carbocycles. The number of anilines is 1.